The lowest BCUT2D eigenvalue weighted by Gasteiger charge is -2.18. The van der Waals surface area contributed by atoms with Crippen molar-refractivity contribution in [3.05, 3.63) is 28.5 Å². The van der Waals surface area contributed by atoms with Crippen molar-refractivity contribution < 1.29 is 4.79 Å². The lowest BCUT2D eigenvalue weighted by atomic mass is 10.2. The number of pyridine rings is 1. The van der Waals surface area contributed by atoms with Gasteiger partial charge in [0.25, 0.3) is 5.91 Å². The summed E-state index contributed by atoms with van der Waals surface area (Å²) in [6.07, 6.45) is 0. The molecule has 17 heavy (non-hydrogen) atoms. The number of likely N-dealkylation sites (N-methyl/N-ethyl adjacent to an activating group) is 1. The number of hydrogen-bond donors (Lipinski definition) is 1. The maximum absolute atomic E-state index is 11.9. The molecule has 1 unspecified atom stereocenters. The summed E-state index contributed by atoms with van der Waals surface area (Å²) in [6, 6.07) is 3.39. The number of nitrogens with zero attached hydrogens (tertiary/aromatic N) is 2. The molecule has 0 saturated heterocycles. The van der Waals surface area contributed by atoms with Crippen molar-refractivity contribution in [2.24, 2.45) is 0 Å². The second-order valence-electron chi connectivity index (χ2n) is 4.46. The van der Waals surface area contributed by atoms with Crippen molar-refractivity contribution in [2.45, 2.75) is 19.9 Å². The van der Waals surface area contributed by atoms with Gasteiger partial charge in [0.1, 0.15) is 5.15 Å². The van der Waals surface area contributed by atoms with E-state index in [4.69, 9.17) is 11.6 Å². The summed E-state index contributed by atoms with van der Waals surface area (Å²) < 4.78 is 0. The van der Waals surface area contributed by atoms with Gasteiger partial charge in [-0.05, 0) is 40.1 Å². The van der Waals surface area contributed by atoms with Crippen LogP contribution in [0.25, 0.3) is 0 Å². The number of aromatic nitrogens is 1. The van der Waals surface area contributed by atoms with Crippen LogP contribution in [0.4, 0.5) is 0 Å². The molecule has 1 heterocycles. The molecule has 0 fully saturated rings. The molecule has 1 aromatic rings. The van der Waals surface area contributed by atoms with Crippen molar-refractivity contribution >= 4 is 17.5 Å². The highest BCUT2D eigenvalue weighted by molar-refractivity contribution is 6.29. The molecule has 1 atom stereocenters. The average molecular weight is 256 g/mol. The van der Waals surface area contributed by atoms with Gasteiger partial charge in [-0.1, -0.05) is 11.6 Å². The molecule has 1 amide bonds. The third-order valence-electron chi connectivity index (χ3n) is 2.20. The van der Waals surface area contributed by atoms with Crippen LogP contribution in [0.3, 0.4) is 0 Å². The molecular formula is C12H18ClN3O. The Balaban J connectivity index is 2.69. The zero-order valence-electron chi connectivity index (χ0n) is 10.6. The van der Waals surface area contributed by atoms with E-state index in [0.717, 1.165) is 12.2 Å². The van der Waals surface area contributed by atoms with Crippen molar-refractivity contribution in [2.75, 3.05) is 20.6 Å². The van der Waals surface area contributed by atoms with Crippen LogP contribution in [-0.4, -0.2) is 42.5 Å². The molecule has 0 saturated carbocycles. The zero-order chi connectivity index (χ0) is 13.0. The molecule has 5 heteroatoms. The van der Waals surface area contributed by atoms with Gasteiger partial charge in [-0.25, -0.2) is 4.98 Å². The fourth-order valence-electron chi connectivity index (χ4n) is 1.66. The SMILES string of the molecule is Cc1cc(C(=O)NC(C)CN(C)C)cc(Cl)n1. The van der Waals surface area contributed by atoms with E-state index in [-0.39, 0.29) is 11.9 Å². The third kappa shape index (κ3) is 4.71. The van der Waals surface area contributed by atoms with E-state index in [1.807, 2.05) is 32.8 Å². The normalized spacial score (nSPS) is 12.6. The molecule has 0 aromatic carbocycles. The second kappa shape index (κ2) is 5.98. The van der Waals surface area contributed by atoms with Crippen molar-refractivity contribution in [3.8, 4) is 0 Å². The average Bonchev–Trinajstić information content (AvgIpc) is 2.14. The fourth-order valence-corrected chi connectivity index (χ4v) is 1.91. The topological polar surface area (TPSA) is 45.2 Å². The Morgan fingerprint density at radius 2 is 2.18 bits per heavy atom. The highest BCUT2D eigenvalue weighted by Crippen LogP contribution is 2.10. The second-order valence-corrected chi connectivity index (χ2v) is 4.84. The van der Waals surface area contributed by atoms with Gasteiger partial charge in [0.15, 0.2) is 0 Å². The summed E-state index contributed by atoms with van der Waals surface area (Å²) in [5.41, 5.74) is 1.29. The van der Waals surface area contributed by atoms with Gasteiger partial charge in [0.2, 0.25) is 0 Å². The van der Waals surface area contributed by atoms with Crippen LogP contribution < -0.4 is 5.32 Å². The number of aryl methyl sites for hydroxylation is 1. The van der Waals surface area contributed by atoms with Crippen LogP contribution in [-0.2, 0) is 0 Å². The largest absolute Gasteiger partial charge is 0.348 e. The smallest absolute Gasteiger partial charge is 0.251 e. The van der Waals surface area contributed by atoms with E-state index < -0.39 is 0 Å². The molecule has 0 radical (unpaired) electrons. The van der Waals surface area contributed by atoms with Crippen LogP contribution in [0, 0.1) is 6.92 Å². The Morgan fingerprint density at radius 1 is 1.53 bits per heavy atom. The Kier molecular flexibility index (Phi) is 4.90. The Bertz CT molecular complexity index is 386. The van der Waals surface area contributed by atoms with Gasteiger partial charge in [-0.3, -0.25) is 4.79 Å². The number of hydrogen-bond acceptors (Lipinski definition) is 3. The Hall–Kier alpha value is -1.13. The first-order valence-corrected chi connectivity index (χ1v) is 5.86. The van der Waals surface area contributed by atoms with Crippen LogP contribution in [0.1, 0.15) is 23.0 Å². The summed E-state index contributed by atoms with van der Waals surface area (Å²) in [5.74, 6) is -0.119. The molecule has 0 aliphatic rings. The van der Waals surface area contributed by atoms with E-state index in [0.29, 0.717) is 10.7 Å². The Morgan fingerprint density at radius 3 is 2.71 bits per heavy atom. The predicted octanol–water partition coefficient (Wildman–Crippen LogP) is 1.72. The molecule has 94 valence electrons. The van der Waals surface area contributed by atoms with Gasteiger partial charge >= 0.3 is 0 Å². The number of carbonyl (C=O) groups excluding carboxylic acids is 1. The molecule has 4 nitrogen and oxygen atoms in total. The van der Waals surface area contributed by atoms with E-state index in [1.54, 1.807) is 12.1 Å². The third-order valence-corrected chi connectivity index (χ3v) is 2.39. The molecular weight excluding hydrogens is 238 g/mol. The summed E-state index contributed by atoms with van der Waals surface area (Å²) in [6.45, 7) is 4.57. The Labute approximate surface area is 107 Å². The lowest BCUT2D eigenvalue weighted by molar-refractivity contribution is 0.0934. The molecule has 1 rings (SSSR count). The number of carbonyl (C=O) groups is 1. The standard InChI is InChI=1S/C12H18ClN3O/c1-8-5-10(6-11(13)14-8)12(17)15-9(2)7-16(3)4/h5-6,9H,7H2,1-4H3,(H,15,17). The number of rotatable bonds is 4. The molecule has 1 N–H and O–H groups in total. The maximum atomic E-state index is 11.9. The molecule has 1 aromatic heterocycles. The van der Waals surface area contributed by atoms with Crippen LogP contribution in [0.15, 0.2) is 12.1 Å². The molecule has 0 bridgehead atoms. The van der Waals surface area contributed by atoms with Gasteiger partial charge in [0.05, 0.1) is 0 Å². The summed E-state index contributed by atoms with van der Waals surface area (Å²) >= 11 is 5.82. The minimum Gasteiger partial charge on any atom is -0.348 e. The highest BCUT2D eigenvalue weighted by Gasteiger charge is 2.11. The fraction of sp³-hybridized carbons (Fsp3) is 0.500. The van der Waals surface area contributed by atoms with Crippen LogP contribution >= 0.6 is 11.6 Å². The predicted molar refractivity (Wildman–Crippen MR) is 69.5 cm³/mol. The van der Waals surface area contributed by atoms with E-state index >= 15 is 0 Å². The van der Waals surface area contributed by atoms with Gasteiger partial charge in [-0.15, -0.1) is 0 Å². The lowest BCUT2D eigenvalue weighted by Crippen LogP contribution is -2.39. The highest BCUT2D eigenvalue weighted by atomic mass is 35.5. The van der Waals surface area contributed by atoms with Gasteiger partial charge in [-0.2, -0.15) is 0 Å². The maximum Gasteiger partial charge on any atom is 0.251 e. The van der Waals surface area contributed by atoms with Crippen molar-refractivity contribution in [1.29, 1.82) is 0 Å². The first kappa shape index (κ1) is 13.9. The summed E-state index contributed by atoms with van der Waals surface area (Å²) in [4.78, 5) is 18.0. The quantitative estimate of drug-likeness (QED) is 0.834. The monoisotopic (exact) mass is 255 g/mol. The zero-order valence-corrected chi connectivity index (χ0v) is 11.4. The molecule has 0 aliphatic carbocycles. The van der Waals surface area contributed by atoms with Crippen molar-refractivity contribution in [1.82, 2.24) is 15.2 Å². The summed E-state index contributed by atoms with van der Waals surface area (Å²) in [5, 5.41) is 3.26. The minimum absolute atomic E-state index is 0.0877. The van der Waals surface area contributed by atoms with E-state index in [9.17, 15) is 4.79 Å². The van der Waals surface area contributed by atoms with Crippen LogP contribution in [0.5, 0.6) is 0 Å². The molecule has 0 spiro atoms. The summed E-state index contributed by atoms with van der Waals surface area (Å²) in [7, 11) is 3.94. The van der Waals surface area contributed by atoms with Crippen molar-refractivity contribution in [3.63, 3.8) is 0 Å². The first-order chi connectivity index (χ1) is 7.88. The minimum atomic E-state index is -0.119. The first-order valence-electron chi connectivity index (χ1n) is 5.48. The van der Waals surface area contributed by atoms with E-state index in [1.165, 1.54) is 0 Å². The number of halogens is 1. The van der Waals surface area contributed by atoms with Crippen LogP contribution in [0.2, 0.25) is 5.15 Å². The number of amides is 1. The van der Waals surface area contributed by atoms with Gasteiger partial charge < -0.3 is 10.2 Å². The van der Waals surface area contributed by atoms with Gasteiger partial charge in [0, 0.05) is 23.8 Å². The van der Waals surface area contributed by atoms with E-state index in [2.05, 4.69) is 10.3 Å². The number of nitrogens with one attached hydrogen (secondary N) is 1. The molecule has 0 aliphatic heterocycles.